The van der Waals surface area contributed by atoms with E-state index in [1.54, 1.807) is 0 Å². The molecule has 0 bridgehead atoms. The van der Waals surface area contributed by atoms with Crippen LogP contribution >= 0.6 is 0 Å². The lowest BCUT2D eigenvalue weighted by atomic mass is 10.1. The van der Waals surface area contributed by atoms with Crippen molar-refractivity contribution >= 4 is 0 Å². The fourth-order valence-corrected chi connectivity index (χ4v) is 2.50. The molecule has 2 nitrogen and oxygen atoms in total. The molecular weight excluding hydrogens is 253 g/mol. The summed E-state index contributed by atoms with van der Waals surface area (Å²) in [5, 5.41) is 3.18. The summed E-state index contributed by atoms with van der Waals surface area (Å²) in [7, 11) is 0. The van der Waals surface area contributed by atoms with Gasteiger partial charge in [-0.15, -0.1) is 0 Å². The molecule has 19 heavy (non-hydrogen) atoms. The van der Waals surface area contributed by atoms with Crippen LogP contribution in [0.1, 0.15) is 18.9 Å². The molecule has 0 radical (unpaired) electrons. The summed E-state index contributed by atoms with van der Waals surface area (Å²) in [6, 6.07) is 2.08. The summed E-state index contributed by atoms with van der Waals surface area (Å²) in [6.45, 7) is 6.55. The minimum Gasteiger partial charge on any atom is -0.312 e. The normalized spacial score (nSPS) is 20.1. The molecule has 1 atom stereocenters. The Kier molecular flexibility index (Phi) is 4.82. The average molecular weight is 272 g/mol. The average Bonchev–Trinajstić information content (AvgIpc) is 2.84. The summed E-state index contributed by atoms with van der Waals surface area (Å²) in [5.74, 6) is -3.09. The summed E-state index contributed by atoms with van der Waals surface area (Å²) in [5.41, 5.74) is 0.432. The van der Waals surface area contributed by atoms with Gasteiger partial charge in [-0.3, -0.25) is 0 Å². The zero-order valence-electron chi connectivity index (χ0n) is 11.1. The second-order valence-corrected chi connectivity index (χ2v) is 5.05. The van der Waals surface area contributed by atoms with E-state index in [1.165, 1.54) is 0 Å². The minimum absolute atomic E-state index is 0.358. The second-order valence-electron chi connectivity index (χ2n) is 5.05. The molecule has 0 amide bonds. The molecule has 1 fully saturated rings. The Labute approximate surface area is 111 Å². The largest absolute Gasteiger partial charge is 0.312 e. The third-order valence-corrected chi connectivity index (χ3v) is 3.62. The molecule has 1 aromatic rings. The lowest BCUT2D eigenvalue weighted by molar-refractivity contribution is 0.339. The lowest BCUT2D eigenvalue weighted by Crippen LogP contribution is -2.26. The van der Waals surface area contributed by atoms with Crippen LogP contribution in [0.3, 0.4) is 0 Å². The number of likely N-dealkylation sites (tertiary alicyclic amines) is 1. The summed E-state index contributed by atoms with van der Waals surface area (Å²) >= 11 is 0. The Morgan fingerprint density at radius 1 is 1.26 bits per heavy atom. The van der Waals surface area contributed by atoms with Gasteiger partial charge >= 0.3 is 0 Å². The maximum Gasteiger partial charge on any atom is 0.194 e. The quantitative estimate of drug-likeness (QED) is 0.829. The van der Waals surface area contributed by atoms with Gasteiger partial charge in [0.2, 0.25) is 0 Å². The first-order valence-electron chi connectivity index (χ1n) is 6.66. The summed E-state index contributed by atoms with van der Waals surface area (Å²) in [6.07, 6.45) is 1.15. The van der Waals surface area contributed by atoms with Gasteiger partial charge in [-0.2, -0.15) is 0 Å². The van der Waals surface area contributed by atoms with Crippen molar-refractivity contribution < 1.29 is 13.2 Å². The molecule has 0 saturated carbocycles. The lowest BCUT2D eigenvalue weighted by Gasteiger charge is -2.13. The van der Waals surface area contributed by atoms with Crippen LogP contribution in [0.25, 0.3) is 0 Å². The topological polar surface area (TPSA) is 15.3 Å². The van der Waals surface area contributed by atoms with E-state index in [4.69, 9.17) is 0 Å². The Bertz CT molecular complexity index is 414. The first-order chi connectivity index (χ1) is 9.10. The van der Waals surface area contributed by atoms with Gasteiger partial charge in [0, 0.05) is 13.1 Å². The molecule has 1 unspecified atom stereocenters. The van der Waals surface area contributed by atoms with Crippen LogP contribution in [0, 0.1) is 23.4 Å². The van der Waals surface area contributed by atoms with Gasteiger partial charge in [0.15, 0.2) is 17.5 Å². The van der Waals surface area contributed by atoms with Crippen molar-refractivity contribution in [2.45, 2.75) is 19.9 Å². The van der Waals surface area contributed by atoms with Crippen molar-refractivity contribution in [2.24, 2.45) is 5.92 Å². The molecule has 0 aliphatic carbocycles. The maximum atomic E-state index is 13.0. The number of halogens is 3. The van der Waals surface area contributed by atoms with Crippen LogP contribution in [0.2, 0.25) is 0 Å². The van der Waals surface area contributed by atoms with E-state index in [9.17, 15) is 13.2 Å². The minimum atomic E-state index is -1.40. The molecular formula is C14H19F3N2. The summed E-state index contributed by atoms with van der Waals surface area (Å²) < 4.78 is 38.8. The Balaban J connectivity index is 1.80. The van der Waals surface area contributed by atoms with Crippen LogP contribution in [0.4, 0.5) is 13.2 Å². The monoisotopic (exact) mass is 272 g/mol. The van der Waals surface area contributed by atoms with Crippen molar-refractivity contribution in [1.29, 1.82) is 0 Å². The highest BCUT2D eigenvalue weighted by Crippen LogP contribution is 2.16. The van der Waals surface area contributed by atoms with Crippen LogP contribution in [-0.2, 0) is 6.54 Å². The summed E-state index contributed by atoms with van der Waals surface area (Å²) in [4.78, 5) is 2.38. The standard InChI is InChI=1S/C14H19F3N2/c1-2-19-4-3-10(9-19)7-18-8-11-5-12(15)14(17)13(16)6-11/h5-6,10,18H,2-4,7-9H2,1H3. The van der Waals surface area contributed by atoms with Gasteiger partial charge < -0.3 is 10.2 Å². The van der Waals surface area contributed by atoms with Gasteiger partial charge in [0.1, 0.15) is 0 Å². The zero-order chi connectivity index (χ0) is 13.8. The Morgan fingerprint density at radius 2 is 1.95 bits per heavy atom. The molecule has 1 aromatic carbocycles. The maximum absolute atomic E-state index is 13.0. The van der Waals surface area contributed by atoms with Crippen LogP contribution in [0.15, 0.2) is 12.1 Å². The highest BCUT2D eigenvalue weighted by Gasteiger charge is 2.20. The van der Waals surface area contributed by atoms with Crippen molar-refractivity contribution in [3.63, 3.8) is 0 Å². The van der Waals surface area contributed by atoms with Crippen molar-refractivity contribution in [3.05, 3.63) is 35.1 Å². The molecule has 106 valence electrons. The van der Waals surface area contributed by atoms with Crippen molar-refractivity contribution in [3.8, 4) is 0 Å². The van der Waals surface area contributed by atoms with E-state index in [-0.39, 0.29) is 0 Å². The molecule has 1 aliphatic heterocycles. The van der Waals surface area contributed by atoms with E-state index in [0.717, 1.165) is 44.7 Å². The predicted molar refractivity (Wildman–Crippen MR) is 68.2 cm³/mol. The number of nitrogens with one attached hydrogen (secondary N) is 1. The number of nitrogens with zero attached hydrogens (tertiary/aromatic N) is 1. The predicted octanol–water partition coefficient (Wildman–Crippen LogP) is 2.54. The molecule has 1 aliphatic rings. The molecule has 2 rings (SSSR count). The van der Waals surface area contributed by atoms with Gasteiger partial charge in [0.25, 0.3) is 0 Å². The van der Waals surface area contributed by atoms with Gasteiger partial charge in [-0.25, -0.2) is 13.2 Å². The van der Waals surface area contributed by atoms with Crippen LogP contribution in [0.5, 0.6) is 0 Å². The molecule has 1 N–H and O–H groups in total. The van der Waals surface area contributed by atoms with E-state index in [0.29, 0.717) is 18.0 Å². The highest BCUT2D eigenvalue weighted by atomic mass is 19.2. The number of hydrogen-bond acceptors (Lipinski definition) is 2. The SMILES string of the molecule is CCN1CCC(CNCc2cc(F)c(F)c(F)c2)C1. The first-order valence-corrected chi connectivity index (χ1v) is 6.66. The van der Waals surface area contributed by atoms with Gasteiger partial charge in [0.05, 0.1) is 0 Å². The second kappa shape index (κ2) is 6.39. The Morgan fingerprint density at radius 3 is 2.53 bits per heavy atom. The highest BCUT2D eigenvalue weighted by molar-refractivity contribution is 5.19. The van der Waals surface area contributed by atoms with E-state index >= 15 is 0 Å². The third-order valence-electron chi connectivity index (χ3n) is 3.62. The smallest absolute Gasteiger partial charge is 0.194 e. The number of rotatable bonds is 5. The molecule has 1 heterocycles. The first kappa shape index (κ1) is 14.3. The van der Waals surface area contributed by atoms with Gasteiger partial charge in [-0.05, 0) is 49.7 Å². The van der Waals surface area contributed by atoms with Crippen molar-refractivity contribution in [1.82, 2.24) is 10.2 Å². The molecule has 0 spiro atoms. The van der Waals surface area contributed by atoms with Crippen LogP contribution < -0.4 is 5.32 Å². The van der Waals surface area contributed by atoms with Gasteiger partial charge in [-0.1, -0.05) is 6.92 Å². The zero-order valence-corrected chi connectivity index (χ0v) is 11.1. The molecule has 1 saturated heterocycles. The van der Waals surface area contributed by atoms with Crippen molar-refractivity contribution in [2.75, 3.05) is 26.2 Å². The Hall–Kier alpha value is -1.07. The molecule has 5 heteroatoms. The number of benzene rings is 1. The van der Waals surface area contributed by atoms with E-state index in [2.05, 4.69) is 17.1 Å². The van der Waals surface area contributed by atoms with E-state index in [1.807, 2.05) is 0 Å². The fraction of sp³-hybridized carbons (Fsp3) is 0.571. The third kappa shape index (κ3) is 3.70. The van der Waals surface area contributed by atoms with E-state index < -0.39 is 17.5 Å². The van der Waals surface area contributed by atoms with Crippen LogP contribution in [-0.4, -0.2) is 31.1 Å². The fourth-order valence-electron chi connectivity index (χ4n) is 2.50. The molecule has 0 aromatic heterocycles. The number of hydrogen-bond donors (Lipinski definition) is 1.